The highest BCUT2D eigenvalue weighted by atomic mass is 35.5. The molecule has 0 radical (unpaired) electrons. The predicted octanol–water partition coefficient (Wildman–Crippen LogP) is 3.18. The minimum Gasteiger partial charge on any atom is -0.495 e. The van der Waals surface area contributed by atoms with Crippen molar-refractivity contribution in [2.45, 2.75) is 6.54 Å². The van der Waals surface area contributed by atoms with Crippen LogP contribution in [-0.4, -0.2) is 30.7 Å². The van der Waals surface area contributed by atoms with E-state index in [0.717, 1.165) is 0 Å². The topological polar surface area (TPSA) is 111 Å². The van der Waals surface area contributed by atoms with Gasteiger partial charge in [0.1, 0.15) is 11.5 Å². The molecule has 0 heterocycles. The summed E-state index contributed by atoms with van der Waals surface area (Å²) in [5.74, 6) is -0.990. The van der Waals surface area contributed by atoms with Crippen LogP contribution in [0.4, 0.5) is 5.69 Å². The molecule has 2 aromatic rings. The number of hydrogen-bond donors (Lipinski definition) is 3. The molecule has 0 unspecified atom stereocenters. The van der Waals surface area contributed by atoms with Gasteiger partial charge in [-0.1, -0.05) is 23.2 Å². The molecule has 0 bridgehead atoms. The second-order valence-electron chi connectivity index (χ2n) is 5.20. The Hall–Kier alpha value is -2.64. The van der Waals surface area contributed by atoms with E-state index in [1.54, 1.807) is 12.1 Å². The Bertz CT molecular complexity index is 842. The van der Waals surface area contributed by atoms with Crippen molar-refractivity contribution >= 4 is 40.8 Å². The highest BCUT2D eigenvalue weighted by Crippen LogP contribution is 2.34. The zero-order valence-corrected chi connectivity index (χ0v) is 15.2. The number of methoxy groups -OCH3 is 1. The lowest BCUT2D eigenvalue weighted by molar-refractivity contribution is -0.119. The van der Waals surface area contributed by atoms with Gasteiger partial charge in [0, 0.05) is 17.1 Å². The predicted molar refractivity (Wildman–Crippen MR) is 98.4 cm³/mol. The van der Waals surface area contributed by atoms with Crippen molar-refractivity contribution in [3.05, 3.63) is 51.5 Å². The fraction of sp³-hybridized carbons (Fsp3) is 0.176. The van der Waals surface area contributed by atoms with Gasteiger partial charge >= 0.3 is 5.97 Å². The van der Waals surface area contributed by atoms with Gasteiger partial charge < -0.3 is 25.6 Å². The molecular weight excluding hydrogens is 383 g/mol. The summed E-state index contributed by atoms with van der Waals surface area (Å²) in [7, 11) is 1.47. The van der Waals surface area contributed by atoms with Crippen molar-refractivity contribution in [2.24, 2.45) is 5.73 Å². The number of ether oxygens (including phenoxy) is 2. The Morgan fingerprint density at radius 1 is 1.23 bits per heavy atom. The lowest BCUT2D eigenvalue weighted by Gasteiger charge is -2.16. The first-order valence-electron chi connectivity index (χ1n) is 7.36. The molecule has 0 atom stereocenters. The first-order valence-corrected chi connectivity index (χ1v) is 8.11. The Morgan fingerprint density at radius 3 is 2.58 bits per heavy atom. The maximum atomic E-state index is 11.2. The van der Waals surface area contributed by atoms with E-state index in [4.69, 9.17) is 43.5 Å². The van der Waals surface area contributed by atoms with E-state index in [1.165, 1.54) is 25.3 Å². The molecule has 0 aromatic heterocycles. The van der Waals surface area contributed by atoms with Crippen LogP contribution in [0, 0.1) is 0 Å². The molecule has 0 aliphatic heterocycles. The summed E-state index contributed by atoms with van der Waals surface area (Å²) in [6, 6.07) is 7.52. The number of anilines is 1. The standard InChI is InChI=1S/C17H16Cl2N2O5/c1-25-14-3-2-9(17(23)24)5-13(14)21-7-10-4-11(18)6-12(19)16(10)26-8-15(20)22/h2-6,21H,7-8H2,1H3,(H2,20,22)(H,23,24). The number of rotatable bonds is 8. The van der Waals surface area contributed by atoms with Gasteiger partial charge in [-0.3, -0.25) is 4.79 Å². The smallest absolute Gasteiger partial charge is 0.335 e. The average Bonchev–Trinajstić information content (AvgIpc) is 2.58. The molecule has 2 rings (SSSR count). The first kappa shape index (κ1) is 19.7. The van der Waals surface area contributed by atoms with E-state index in [2.05, 4.69) is 5.32 Å². The largest absolute Gasteiger partial charge is 0.495 e. The molecule has 26 heavy (non-hydrogen) atoms. The van der Waals surface area contributed by atoms with Gasteiger partial charge in [-0.15, -0.1) is 0 Å². The molecule has 0 saturated heterocycles. The number of carboxylic acid groups (broad SMARTS) is 1. The second-order valence-corrected chi connectivity index (χ2v) is 6.05. The highest BCUT2D eigenvalue weighted by Gasteiger charge is 2.14. The number of primary amides is 1. The van der Waals surface area contributed by atoms with Gasteiger partial charge in [0.2, 0.25) is 0 Å². The van der Waals surface area contributed by atoms with Crippen LogP contribution in [0.15, 0.2) is 30.3 Å². The molecule has 0 aliphatic carbocycles. The lowest BCUT2D eigenvalue weighted by atomic mass is 10.1. The molecule has 0 aliphatic rings. The van der Waals surface area contributed by atoms with E-state index < -0.39 is 11.9 Å². The van der Waals surface area contributed by atoms with Gasteiger partial charge in [-0.25, -0.2) is 4.79 Å². The third-order valence-corrected chi connectivity index (χ3v) is 3.86. The van der Waals surface area contributed by atoms with Gasteiger partial charge in [0.05, 0.1) is 23.4 Å². The van der Waals surface area contributed by atoms with Crippen LogP contribution in [0.5, 0.6) is 11.5 Å². The van der Waals surface area contributed by atoms with Crippen LogP contribution < -0.4 is 20.5 Å². The van der Waals surface area contributed by atoms with E-state index in [-0.39, 0.29) is 29.5 Å². The summed E-state index contributed by atoms with van der Waals surface area (Å²) in [5, 5.41) is 12.8. The Kier molecular flexibility index (Phi) is 6.54. The minimum atomic E-state index is -1.06. The molecule has 0 spiro atoms. The van der Waals surface area contributed by atoms with Crippen molar-refractivity contribution in [3.8, 4) is 11.5 Å². The van der Waals surface area contributed by atoms with Crippen LogP contribution in [0.1, 0.15) is 15.9 Å². The van der Waals surface area contributed by atoms with Crippen LogP contribution in [-0.2, 0) is 11.3 Å². The highest BCUT2D eigenvalue weighted by molar-refractivity contribution is 6.35. The monoisotopic (exact) mass is 398 g/mol. The molecule has 7 nitrogen and oxygen atoms in total. The third kappa shape index (κ3) is 4.93. The molecule has 1 amide bonds. The molecule has 0 saturated carbocycles. The summed E-state index contributed by atoms with van der Waals surface area (Å²) in [5.41, 5.74) is 6.22. The van der Waals surface area contributed by atoms with E-state index in [0.29, 0.717) is 22.0 Å². The summed E-state index contributed by atoms with van der Waals surface area (Å²) >= 11 is 12.2. The molecule has 4 N–H and O–H groups in total. The van der Waals surface area contributed by atoms with Gasteiger partial charge in [0.15, 0.2) is 6.61 Å². The first-order chi connectivity index (χ1) is 12.3. The third-order valence-electron chi connectivity index (χ3n) is 3.36. The van der Waals surface area contributed by atoms with Gasteiger partial charge in [0.25, 0.3) is 5.91 Å². The number of nitrogens with two attached hydrogens (primary N) is 1. The maximum Gasteiger partial charge on any atom is 0.335 e. The Balaban J connectivity index is 2.30. The number of hydrogen-bond acceptors (Lipinski definition) is 5. The number of aromatic carboxylic acids is 1. The molecule has 2 aromatic carbocycles. The van der Waals surface area contributed by atoms with Crippen molar-refractivity contribution in [1.82, 2.24) is 0 Å². The van der Waals surface area contributed by atoms with Crippen molar-refractivity contribution in [3.63, 3.8) is 0 Å². The molecular formula is C17H16Cl2N2O5. The fourth-order valence-corrected chi connectivity index (χ4v) is 2.81. The van der Waals surface area contributed by atoms with Gasteiger partial charge in [-0.05, 0) is 30.3 Å². The normalized spacial score (nSPS) is 10.3. The molecule has 138 valence electrons. The zero-order valence-electron chi connectivity index (χ0n) is 13.7. The number of carboxylic acids is 1. The summed E-state index contributed by atoms with van der Waals surface area (Å²) in [6.45, 7) is -0.153. The van der Waals surface area contributed by atoms with Crippen LogP contribution in [0.25, 0.3) is 0 Å². The summed E-state index contributed by atoms with van der Waals surface area (Å²) in [4.78, 5) is 22.1. The summed E-state index contributed by atoms with van der Waals surface area (Å²) < 4.78 is 10.6. The second kappa shape index (κ2) is 8.64. The van der Waals surface area contributed by atoms with Crippen molar-refractivity contribution in [1.29, 1.82) is 0 Å². The molecule has 0 fully saturated rings. The lowest BCUT2D eigenvalue weighted by Crippen LogP contribution is -2.20. The molecule has 9 heteroatoms. The number of carbonyl (C=O) groups is 2. The SMILES string of the molecule is COc1ccc(C(=O)O)cc1NCc1cc(Cl)cc(Cl)c1OCC(N)=O. The summed E-state index contributed by atoms with van der Waals surface area (Å²) in [6.07, 6.45) is 0. The van der Waals surface area contributed by atoms with E-state index >= 15 is 0 Å². The number of benzene rings is 2. The average molecular weight is 399 g/mol. The number of amides is 1. The van der Waals surface area contributed by atoms with E-state index in [9.17, 15) is 9.59 Å². The van der Waals surface area contributed by atoms with Crippen molar-refractivity contribution in [2.75, 3.05) is 19.0 Å². The van der Waals surface area contributed by atoms with Crippen LogP contribution in [0.3, 0.4) is 0 Å². The van der Waals surface area contributed by atoms with Crippen LogP contribution in [0.2, 0.25) is 10.0 Å². The Labute approximate surface area is 159 Å². The maximum absolute atomic E-state index is 11.2. The van der Waals surface area contributed by atoms with Gasteiger partial charge in [-0.2, -0.15) is 0 Å². The Morgan fingerprint density at radius 2 is 1.96 bits per heavy atom. The fourth-order valence-electron chi connectivity index (χ4n) is 2.22. The van der Waals surface area contributed by atoms with Crippen LogP contribution >= 0.6 is 23.2 Å². The number of carbonyl (C=O) groups excluding carboxylic acids is 1. The quantitative estimate of drug-likeness (QED) is 0.629. The number of halogens is 2. The zero-order chi connectivity index (χ0) is 19.3. The van der Waals surface area contributed by atoms with E-state index in [1.807, 2.05) is 0 Å². The minimum absolute atomic E-state index is 0.0997. The number of nitrogens with one attached hydrogen (secondary N) is 1. The van der Waals surface area contributed by atoms with Crippen molar-refractivity contribution < 1.29 is 24.2 Å².